The van der Waals surface area contributed by atoms with Gasteiger partial charge in [-0.25, -0.2) is 9.78 Å². The molecule has 3 N–H and O–H groups in total. The zero-order chi connectivity index (χ0) is 22.3. The number of hydrogen-bond donors (Lipinski definition) is 3. The number of alkyl halides is 3. The summed E-state index contributed by atoms with van der Waals surface area (Å²) in [5, 5.41) is 19.9. The summed E-state index contributed by atoms with van der Waals surface area (Å²) in [6.45, 7) is 0.00175. The van der Waals surface area contributed by atoms with E-state index in [9.17, 15) is 22.8 Å². The Hall–Kier alpha value is -3.96. The number of anilines is 1. The molecule has 0 radical (unpaired) electrons. The number of carboxylic acids is 2. The highest BCUT2D eigenvalue weighted by Gasteiger charge is 2.38. The SMILES string of the molecule is O=C(O)C(F)(F)F.O=C(O)Cn1ccnc(NCc2ccc3cccnc3c2)c1=O. The topological polar surface area (TPSA) is 134 Å². The summed E-state index contributed by atoms with van der Waals surface area (Å²) in [7, 11) is 0. The average Bonchev–Trinajstić information content (AvgIpc) is 2.68. The smallest absolute Gasteiger partial charge is 0.480 e. The summed E-state index contributed by atoms with van der Waals surface area (Å²) in [5.74, 6) is -3.72. The van der Waals surface area contributed by atoms with E-state index >= 15 is 0 Å². The molecule has 0 amide bonds. The largest absolute Gasteiger partial charge is 0.490 e. The van der Waals surface area contributed by atoms with Crippen LogP contribution in [0.3, 0.4) is 0 Å². The van der Waals surface area contributed by atoms with Crippen molar-refractivity contribution < 1.29 is 33.0 Å². The van der Waals surface area contributed by atoms with Gasteiger partial charge in [-0.3, -0.25) is 19.1 Å². The normalized spacial score (nSPS) is 10.8. The van der Waals surface area contributed by atoms with E-state index in [1.807, 2.05) is 30.3 Å². The summed E-state index contributed by atoms with van der Waals surface area (Å²) >= 11 is 0. The minimum Gasteiger partial charge on any atom is -0.480 e. The monoisotopic (exact) mass is 424 g/mol. The predicted octanol–water partition coefficient (Wildman–Crippen LogP) is 2.12. The Morgan fingerprint density at radius 3 is 2.43 bits per heavy atom. The molecule has 0 bridgehead atoms. The molecule has 0 aliphatic carbocycles. The first kappa shape index (κ1) is 22.3. The molecular formula is C18H15F3N4O5. The Labute approximate surface area is 166 Å². The number of aromatic nitrogens is 3. The molecular weight excluding hydrogens is 409 g/mol. The van der Waals surface area contributed by atoms with Crippen LogP contribution in [0, 0.1) is 0 Å². The Balaban J connectivity index is 0.000000396. The predicted molar refractivity (Wildman–Crippen MR) is 98.9 cm³/mol. The van der Waals surface area contributed by atoms with Crippen LogP contribution in [-0.2, 0) is 22.7 Å². The van der Waals surface area contributed by atoms with E-state index < -0.39 is 30.2 Å². The first-order valence-corrected chi connectivity index (χ1v) is 8.23. The second kappa shape index (κ2) is 9.49. The number of aliphatic carboxylic acids is 2. The van der Waals surface area contributed by atoms with Gasteiger partial charge in [0.1, 0.15) is 6.54 Å². The molecule has 9 nitrogen and oxygen atoms in total. The third kappa shape index (κ3) is 6.29. The molecule has 30 heavy (non-hydrogen) atoms. The van der Waals surface area contributed by atoms with Gasteiger partial charge in [0.05, 0.1) is 5.52 Å². The molecule has 0 aliphatic heterocycles. The maximum Gasteiger partial charge on any atom is 0.490 e. The molecule has 2 heterocycles. The first-order valence-electron chi connectivity index (χ1n) is 8.23. The number of pyridine rings is 1. The third-order valence-electron chi connectivity index (χ3n) is 3.59. The van der Waals surface area contributed by atoms with E-state index in [4.69, 9.17) is 15.0 Å². The van der Waals surface area contributed by atoms with E-state index in [-0.39, 0.29) is 5.82 Å². The summed E-state index contributed by atoms with van der Waals surface area (Å²) < 4.78 is 32.8. The maximum atomic E-state index is 12.1. The number of halogens is 3. The van der Waals surface area contributed by atoms with Crippen LogP contribution in [0.2, 0.25) is 0 Å². The Morgan fingerprint density at radius 2 is 1.80 bits per heavy atom. The van der Waals surface area contributed by atoms with Gasteiger partial charge in [0.25, 0.3) is 5.56 Å². The average molecular weight is 424 g/mol. The lowest BCUT2D eigenvalue weighted by Crippen LogP contribution is -2.27. The quantitative estimate of drug-likeness (QED) is 0.567. The van der Waals surface area contributed by atoms with Crippen LogP contribution in [0.5, 0.6) is 0 Å². The zero-order valence-corrected chi connectivity index (χ0v) is 15.1. The molecule has 0 atom stereocenters. The van der Waals surface area contributed by atoms with Gasteiger partial charge in [0.15, 0.2) is 5.82 Å². The second-order valence-corrected chi connectivity index (χ2v) is 5.79. The van der Waals surface area contributed by atoms with Crippen LogP contribution in [0.25, 0.3) is 10.9 Å². The van der Waals surface area contributed by atoms with Crippen LogP contribution >= 0.6 is 0 Å². The van der Waals surface area contributed by atoms with Crippen molar-refractivity contribution in [2.45, 2.75) is 19.3 Å². The van der Waals surface area contributed by atoms with Crippen molar-refractivity contribution in [2.24, 2.45) is 0 Å². The van der Waals surface area contributed by atoms with Crippen LogP contribution in [-0.4, -0.2) is 42.9 Å². The van der Waals surface area contributed by atoms with Crippen LogP contribution < -0.4 is 10.9 Å². The molecule has 0 saturated heterocycles. The fraction of sp³-hybridized carbons (Fsp3) is 0.167. The van der Waals surface area contributed by atoms with Crippen molar-refractivity contribution >= 4 is 28.7 Å². The molecule has 2 aromatic heterocycles. The van der Waals surface area contributed by atoms with Gasteiger partial charge < -0.3 is 15.5 Å². The lowest BCUT2D eigenvalue weighted by molar-refractivity contribution is -0.192. The maximum absolute atomic E-state index is 12.1. The molecule has 158 valence electrons. The van der Waals surface area contributed by atoms with E-state index in [0.29, 0.717) is 6.54 Å². The number of fused-ring (bicyclic) bond motifs is 1. The third-order valence-corrected chi connectivity index (χ3v) is 3.59. The van der Waals surface area contributed by atoms with Gasteiger partial charge in [-0.2, -0.15) is 13.2 Å². The van der Waals surface area contributed by atoms with Crippen LogP contribution in [0.15, 0.2) is 53.7 Å². The van der Waals surface area contributed by atoms with Gasteiger partial charge in [-0.15, -0.1) is 0 Å². The molecule has 3 aromatic rings. The van der Waals surface area contributed by atoms with E-state index in [0.717, 1.165) is 21.0 Å². The van der Waals surface area contributed by atoms with Crippen LogP contribution in [0.1, 0.15) is 5.56 Å². The van der Waals surface area contributed by atoms with Crippen LogP contribution in [0.4, 0.5) is 19.0 Å². The number of hydrogen-bond acceptors (Lipinski definition) is 6. The minimum absolute atomic E-state index is 0.120. The van der Waals surface area contributed by atoms with E-state index in [2.05, 4.69) is 15.3 Å². The zero-order valence-electron chi connectivity index (χ0n) is 15.1. The van der Waals surface area contributed by atoms with Gasteiger partial charge in [-0.05, 0) is 17.7 Å². The molecule has 0 saturated carbocycles. The van der Waals surface area contributed by atoms with Crippen molar-refractivity contribution in [2.75, 3.05) is 5.32 Å². The minimum atomic E-state index is -5.08. The number of nitrogens with one attached hydrogen (secondary N) is 1. The molecule has 12 heteroatoms. The summed E-state index contributed by atoms with van der Waals surface area (Å²) in [6, 6.07) is 9.68. The highest BCUT2D eigenvalue weighted by Crippen LogP contribution is 2.14. The Bertz CT molecular complexity index is 1110. The fourth-order valence-corrected chi connectivity index (χ4v) is 2.25. The van der Waals surface area contributed by atoms with Crippen molar-refractivity contribution in [3.63, 3.8) is 0 Å². The Morgan fingerprint density at radius 1 is 1.10 bits per heavy atom. The molecule has 0 spiro atoms. The molecule has 0 aliphatic rings. The number of benzene rings is 1. The van der Waals surface area contributed by atoms with Gasteiger partial charge >= 0.3 is 18.1 Å². The van der Waals surface area contributed by atoms with Crippen molar-refractivity contribution in [1.29, 1.82) is 0 Å². The lowest BCUT2D eigenvalue weighted by Gasteiger charge is -2.08. The van der Waals surface area contributed by atoms with E-state index in [1.165, 1.54) is 12.4 Å². The number of carbonyl (C=O) groups is 2. The fourth-order valence-electron chi connectivity index (χ4n) is 2.25. The van der Waals surface area contributed by atoms with Gasteiger partial charge in [-0.1, -0.05) is 18.2 Å². The van der Waals surface area contributed by atoms with Crippen molar-refractivity contribution in [3.8, 4) is 0 Å². The van der Waals surface area contributed by atoms with Crippen molar-refractivity contribution in [3.05, 3.63) is 64.8 Å². The highest BCUT2D eigenvalue weighted by molar-refractivity contribution is 5.78. The molecule has 0 fully saturated rings. The number of carboxylic acid groups (broad SMARTS) is 2. The first-order chi connectivity index (χ1) is 14.1. The summed E-state index contributed by atoms with van der Waals surface area (Å²) in [6.07, 6.45) is -0.612. The molecule has 1 aromatic carbocycles. The standard InChI is InChI=1S/C16H14N4O3.C2HF3O2/c21-14(22)10-20-7-6-18-15(16(20)23)19-9-11-3-4-12-2-1-5-17-13(12)8-11;3-2(4,5)1(6)7/h1-8H,9-10H2,(H,18,19)(H,21,22);(H,6,7). The molecule has 3 rings (SSSR count). The van der Waals surface area contributed by atoms with Crippen molar-refractivity contribution in [1.82, 2.24) is 14.5 Å². The van der Waals surface area contributed by atoms with E-state index in [1.54, 1.807) is 6.20 Å². The summed E-state index contributed by atoms with van der Waals surface area (Å²) in [5.41, 5.74) is 1.36. The molecule has 0 unspecified atom stereocenters. The number of rotatable bonds is 5. The van der Waals surface area contributed by atoms with Gasteiger partial charge in [0, 0.05) is 30.5 Å². The second-order valence-electron chi connectivity index (χ2n) is 5.79. The highest BCUT2D eigenvalue weighted by atomic mass is 19.4. The number of nitrogens with zero attached hydrogens (tertiary/aromatic N) is 3. The lowest BCUT2D eigenvalue weighted by atomic mass is 10.1. The Kier molecular flexibility index (Phi) is 7.07. The summed E-state index contributed by atoms with van der Waals surface area (Å²) in [4.78, 5) is 40.0. The van der Waals surface area contributed by atoms with Gasteiger partial charge in [0.2, 0.25) is 0 Å².